The highest BCUT2D eigenvalue weighted by Crippen LogP contribution is 2.47. The van der Waals surface area contributed by atoms with E-state index in [1.165, 1.54) is 17.7 Å². The Hall–Kier alpha value is -1.57. The van der Waals surface area contributed by atoms with Gasteiger partial charge in [-0.1, -0.05) is 33.8 Å². The van der Waals surface area contributed by atoms with Gasteiger partial charge in [0, 0.05) is 28.9 Å². The molecule has 0 atom stereocenters. The summed E-state index contributed by atoms with van der Waals surface area (Å²) in [4.78, 5) is 13.2. The molecule has 2 rings (SSSR count). The molecule has 0 aliphatic carbocycles. The van der Waals surface area contributed by atoms with Crippen LogP contribution in [0, 0.1) is 0 Å². The van der Waals surface area contributed by atoms with Crippen LogP contribution in [-0.2, 0) is 5.41 Å². The number of unbranched alkanes of at least 4 members (excludes halogenated alkanes) is 1. The van der Waals surface area contributed by atoms with E-state index in [-0.39, 0.29) is 5.41 Å². The van der Waals surface area contributed by atoms with Gasteiger partial charge in [-0.15, -0.1) is 0 Å². The Morgan fingerprint density at radius 1 is 1.39 bits per heavy atom. The number of hydrogen-bond acceptors (Lipinski definition) is 2. The molecule has 0 saturated heterocycles. The van der Waals surface area contributed by atoms with Gasteiger partial charge in [0.2, 0.25) is 0 Å². The maximum atomic E-state index is 10.9. The van der Waals surface area contributed by atoms with Crippen molar-refractivity contribution in [2.75, 3.05) is 11.4 Å². The average Bonchev–Trinajstić information content (AvgIpc) is 2.56. The highest BCUT2D eigenvalue weighted by atomic mass is 16.1. The first kappa shape index (κ1) is 12.9. The molecular formula is C16H21NO. The van der Waals surface area contributed by atoms with Gasteiger partial charge >= 0.3 is 0 Å². The molecular weight excluding hydrogens is 222 g/mol. The van der Waals surface area contributed by atoms with E-state index in [9.17, 15) is 4.79 Å². The normalized spacial score (nSPS) is 16.8. The lowest BCUT2D eigenvalue weighted by Gasteiger charge is -2.25. The van der Waals surface area contributed by atoms with Crippen LogP contribution in [-0.4, -0.2) is 12.8 Å². The van der Waals surface area contributed by atoms with Crippen LogP contribution in [0.4, 0.5) is 5.69 Å². The van der Waals surface area contributed by atoms with Crippen molar-refractivity contribution < 1.29 is 4.79 Å². The standard InChI is InChI=1S/C16H21NO/c1-5-6-9-17-12(2)16(3,4)14-10-13(11-18)7-8-15(14)17/h7-8,10-11H,2,5-6,9H2,1,3-4H3. The summed E-state index contributed by atoms with van der Waals surface area (Å²) in [6, 6.07) is 5.94. The summed E-state index contributed by atoms with van der Waals surface area (Å²) < 4.78 is 0. The summed E-state index contributed by atoms with van der Waals surface area (Å²) in [5.74, 6) is 0. The molecule has 0 spiro atoms. The number of carbonyl (C=O) groups excluding carboxylic acids is 1. The van der Waals surface area contributed by atoms with E-state index < -0.39 is 0 Å². The fourth-order valence-corrected chi connectivity index (χ4v) is 2.57. The summed E-state index contributed by atoms with van der Waals surface area (Å²) in [6.45, 7) is 11.8. The van der Waals surface area contributed by atoms with E-state index in [1.807, 2.05) is 12.1 Å². The zero-order valence-electron chi connectivity index (χ0n) is 11.5. The molecule has 0 unspecified atom stereocenters. The molecule has 1 aromatic carbocycles. The minimum Gasteiger partial charge on any atom is -0.345 e. The highest BCUT2D eigenvalue weighted by molar-refractivity contribution is 5.80. The van der Waals surface area contributed by atoms with Crippen LogP contribution in [0.1, 0.15) is 49.5 Å². The zero-order valence-corrected chi connectivity index (χ0v) is 11.5. The molecule has 1 heterocycles. The average molecular weight is 243 g/mol. The maximum Gasteiger partial charge on any atom is 0.150 e. The Morgan fingerprint density at radius 3 is 2.72 bits per heavy atom. The minimum absolute atomic E-state index is 0.0813. The summed E-state index contributed by atoms with van der Waals surface area (Å²) in [5, 5.41) is 0. The van der Waals surface area contributed by atoms with Crippen LogP contribution < -0.4 is 4.90 Å². The van der Waals surface area contributed by atoms with Crippen LogP contribution in [0.15, 0.2) is 30.5 Å². The van der Waals surface area contributed by atoms with Gasteiger partial charge in [0.25, 0.3) is 0 Å². The molecule has 1 aliphatic heterocycles. The van der Waals surface area contributed by atoms with Gasteiger partial charge in [-0.25, -0.2) is 0 Å². The van der Waals surface area contributed by atoms with Crippen molar-refractivity contribution in [2.45, 2.75) is 39.0 Å². The lowest BCUT2D eigenvalue weighted by atomic mass is 9.84. The molecule has 2 heteroatoms. The van der Waals surface area contributed by atoms with Gasteiger partial charge in [0.1, 0.15) is 6.29 Å². The number of benzene rings is 1. The molecule has 0 amide bonds. The third kappa shape index (κ3) is 1.86. The number of fused-ring (bicyclic) bond motifs is 1. The van der Waals surface area contributed by atoms with Crippen LogP contribution in [0.2, 0.25) is 0 Å². The van der Waals surface area contributed by atoms with Crippen LogP contribution in [0.25, 0.3) is 0 Å². The second-order valence-electron chi connectivity index (χ2n) is 5.47. The summed E-state index contributed by atoms with van der Waals surface area (Å²) in [5.41, 5.74) is 4.22. The van der Waals surface area contributed by atoms with Crippen LogP contribution in [0.5, 0.6) is 0 Å². The first-order chi connectivity index (χ1) is 8.52. The fourth-order valence-electron chi connectivity index (χ4n) is 2.57. The third-order valence-electron chi connectivity index (χ3n) is 3.90. The minimum atomic E-state index is -0.0813. The first-order valence-corrected chi connectivity index (χ1v) is 6.59. The summed E-state index contributed by atoms with van der Waals surface area (Å²) in [6.07, 6.45) is 3.24. The number of rotatable bonds is 4. The molecule has 2 nitrogen and oxygen atoms in total. The molecule has 1 aliphatic rings. The number of nitrogens with zero attached hydrogens (tertiary/aromatic N) is 1. The van der Waals surface area contributed by atoms with E-state index in [0.717, 1.165) is 30.5 Å². The van der Waals surface area contributed by atoms with Crippen molar-refractivity contribution in [3.63, 3.8) is 0 Å². The predicted octanol–water partition coefficient (Wildman–Crippen LogP) is 3.91. The van der Waals surface area contributed by atoms with Gasteiger partial charge < -0.3 is 4.90 Å². The molecule has 0 aromatic heterocycles. The quantitative estimate of drug-likeness (QED) is 0.747. The summed E-state index contributed by atoms with van der Waals surface area (Å²) in [7, 11) is 0. The maximum absolute atomic E-state index is 10.9. The van der Waals surface area contributed by atoms with E-state index >= 15 is 0 Å². The van der Waals surface area contributed by atoms with Crippen molar-refractivity contribution in [2.24, 2.45) is 0 Å². The van der Waals surface area contributed by atoms with Gasteiger partial charge in [0.15, 0.2) is 0 Å². The van der Waals surface area contributed by atoms with Crippen molar-refractivity contribution in [3.8, 4) is 0 Å². The highest BCUT2D eigenvalue weighted by Gasteiger charge is 2.38. The molecule has 96 valence electrons. The predicted molar refractivity (Wildman–Crippen MR) is 76.2 cm³/mol. The molecule has 0 radical (unpaired) electrons. The number of anilines is 1. The Kier molecular flexibility index (Phi) is 3.29. The van der Waals surface area contributed by atoms with Gasteiger partial charge in [-0.2, -0.15) is 0 Å². The molecule has 0 fully saturated rings. The molecule has 18 heavy (non-hydrogen) atoms. The molecule has 1 aromatic rings. The lowest BCUT2D eigenvalue weighted by Crippen LogP contribution is -2.25. The summed E-state index contributed by atoms with van der Waals surface area (Å²) >= 11 is 0. The number of carbonyl (C=O) groups is 1. The van der Waals surface area contributed by atoms with E-state index in [4.69, 9.17) is 0 Å². The second kappa shape index (κ2) is 4.60. The topological polar surface area (TPSA) is 20.3 Å². The number of allylic oxidation sites excluding steroid dienone is 1. The Bertz CT molecular complexity index is 488. The van der Waals surface area contributed by atoms with E-state index in [2.05, 4.69) is 38.3 Å². The molecule has 0 N–H and O–H groups in total. The zero-order chi connectivity index (χ0) is 13.3. The Labute approximate surface area is 109 Å². The first-order valence-electron chi connectivity index (χ1n) is 6.59. The monoisotopic (exact) mass is 243 g/mol. The van der Waals surface area contributed by atoms with Crippen molar-refractivity contribution in [1.29, 1.82) is 0 Å². The SMILES string of the molecule is C=C1N(CCCC)c2ccc(C=O)cc2C1(C)C. The van der Waals surface area contributed by atoms with Crippen molar-refractivity contribution >= 4 is 12.0 Å². The number of hydrogen-bond donors (Lipinski definition) is 0. The van der Waals surface area contributed by atoms with Gasteiger partial charge in [-0.3, -0.25) is 4.79 Å². The van der Waals surface area contributed by atoms with Crippen molar-refractivity contribution in [3.05, 3.63) is 41.6 Å². The fraction of sp³-hybridized carbons (Fsp3) is 0.438. The second-order valence-corrected chi connectivity index (χ2v) is 5.47. The van der Waals surface area contributed by atoms with Crippen molar-refractivity contribution in [1.82, 2.24) is 0 Å². The largest absolute Gasteiger partial charge is 0.345 e. The van der Waals surface area contributed by atoms with Gasteiger partial charge in [0.05, 0.1) is 0 Å². The third-order valence-corrected chi connectivity index (χ3v) is 3.90. The lowest BCUT2D eigenvalue weighted by molar-refractivity contribution is 0.112. The Balaban J connectivity index is 2.46. The number of aldehydes is 1. The Morgan fingerprint density at radius 2 is 2.11 bits per heavy atom. The molecule has 0 bridgehead atoms. The van der Waals surface area contributed by atoms with E-state index in [1.54, 1.807) is 0 Å². The smallest absolute Gasteiger partial charge is 0.150 e. The van der Waals surface area contributed by atoms with Gasteiger partial charge in [-0.05, 0) is 30.2 Å². The molecule has 0 saturated carbocycles. The van der Waals surface area contributed by atoms with Crippen LogP contribution >= 0.6 is 0 Å². The van der Waals surface area contributed by atoms with E-state index in [0.29, 0.717) is 0 Å². The van der Waals surface area contributed by atoms with Crippen LogP contribution in [0.3, 0.4) is 0 Å².